The number of nitrogens with zero attached hydrogens (tertiary/aromatic N) is 8. The van der Waals surface area contributed by atoms with E-state index in [1.807, 2.05) is 41.3 Å². The summed E-state index contributed by atoms with van der Waals surface area (Å²) in [7, 11) is 0. The third kappa shape index (κ3) is 6.31. The van der Waals surface area contributed by atoms with E-state index in [0.29, 0.717) is 43.6 Å². The van der Waals surface area contributed by atoms with Crippen molar-refractivity contribution in [2.45, 2.75) is 51.2 Å². The molecule has 1 aromatic carbocycles. The lowest BCUT2D eigenvalue weighted by molar-refractivity contribution is 0.0866. The Hall–Kier alpha value is -4.30. The van der Waals surface area contributed by atoms with Gasteiger partial charge in [0.05, 0.1) is 57.0 Å². The van der Waals surface area contributed by atoms with Crippen LogP contribution in [0, 0.1) is 11.3 Å². The van der Waals surface area contributed by atoms with E-state index < -0.39 is 0 Å². The third-order valence-electron chi connectivity index (χ3n) is 7.96. The number of fused-ring (bicyclic) bond motifs is 1. The van der Waals surface area contributed by atoms with Crippen molar-refractivity contribution in [1.29, 1.82) is 5.26 Å². The number of nitriles is 1. The minimum Gasteiger partial charge on any atom is -0.373 e. The molecule has 2 N–H and O–H groups in total. The highest BCUT2D eigenvalue weighted by atomic mass is 35.5. The molecule has 0 aliphatic carbocycles. The Labute approximate surface area is 266 Å². The summed E-state index contributed by atoms with van der Waals surface area (Å²) in [5, 5.41) is 27.6. The van der Waals surface area contributed by atoms with Crippen molar-refractivity contribution in [3.8, 4) is 6.07 Å². The average Bonchev–Trinajstić information content (AvgIpc) is 3.50. The molecule has 0 unspecified atom stereocenters. The molecule has 5 heterocycles. The van der Waals surface area contributed by atoms with Crippen LogP contribution in [-0.4, -0.2) is 53.5 Å². The summed E-state index contributed by atoms with van der Waals surface area (Å²) in [6.45, 7) is 8.81. The van der Waals surface area contributed by atoms with Gasteiger partial charge in [-0.1, -0.05) is 34.5 Å². The van der Waals surface area contributed by atoms with Crippen molar-refractivity contribution < 1.29 is 0 Å². The molecule has 224 valence electrons. The van der Waals surface area contributed by atoms with Gasteiger partial charge in [-0.3, -0.25) is 19.9 Å². The number of pyridine rings is 3. The Morgan fingerprint density at radius 3 is 2.55 bits per heavy atom. The van der Waals surface area contributed by atoms with Crippen LogP contribution in [0.2, 0.25) is 10.0 Å². The van der Waals surface area contributed by atoms with Gasteiger partial charge in [0.2, 0.25) is 0 Å². The number of piperidine rings is 1. The second kappa shape index (κ2) is 12.4. The number of hydrogen-bond acceptors (Lipinski definition) is 9. The molecular formula is C32H32Cl2N10. The highest BCUT2D eigenvalue weighted by Gasteiger charge is 2.29. The molecule has 1 fully saturated rings. The van der Waals surface area contributed by atoms with E-state index in [9.17, 15) is 5.26 Å². The second-order valence-electron chi connectivity index (χ2n) is 11.9. The van der Waals surface area contributed by atoms with Crippen LogP contribution in [0.4, 0.5) is 17.1 Å². The summed E-state index contributed by atoms with van der Waals surface area (Å²) < 4.78 is 2.00. The fourth-order valence-electron chi connectivity index (χ4n) is 5.63. The molecular weight excluding hydrogens is 595 g/mol. The molecule has 10 nitrogen and oxygen atoms in total. The number of halogens is 2. The Morgan fingerprint density at radius 1 is 1.02 bits per heavy atom. The zero-order valence-corrected chi connectivity index (χ0v) is 26.2. The van der Waals surface area contributed by atoms with E-state index in [4.69, 9.17) is 23.2 Å². The lowest BCUT2D eigenvalue weighted by atomic mass is 9.98. The van der Waals surface area contributed by atoms with Crippen LogP contribution in [0.3, 0.4) is 0 Å². The number of aromatic nitrogens is 6. The fraction of sp³-hybridized carbons (Fsp3) is 0.312. The summed E-state index contributed by atoms with van der Waals surface area (Å²) >= 11 is 13.0. The van der Waals surface area contributed by atoms with E-state index in [2.05, 4.69) is 67.6 Å². The van der Waals surface area contributed by atoms with Crippen LogP contribution in [0.15, 0.2) is 67.5 Å². The SMILES string of the molecule is CC(C)(C)N1CCC(n2cc([C@@H](Nc3cc(Cl)c4ncc(C#N)c(Nc5cncc(Cl)c5)c4c3)c3cccnc3)nn2)CC1. The smallest absolute Gasteiger partial charge is 0.110 e. The van der Waals surface area contributed by atoms with Crippen LogP contribution in [0.5, 0.6) is 0 Å². The maximum Gasteiger partial charge on any atom is 0.110 e. The number of rotatable bonds is 7. The van der Waals surface area contributed by atoms with Crippen LogP contribution >= 0.6 is 23.2 Å². The van der Waals surface area contributed by atoms with Crippen molar-refractivity contribution in [3.05, 3.63) is 94.4 Å². The standard InChI is InChI=1S/C32H32Cl2N10/c1-32(2,3)43-9-6-25(7-10-43)44-19-28(41-42-44)30(20-5-4-8-36-15-20)39-23-12-26-29(40-24-11-22(33)17-37-18-24)21(14-35)16-38-31(26)27(34)13-23/h4-5,8,11-13,15-19,25,30,39H,6-7,9-10H2,1-3H3,(H,38,40)/t30-/m0/s1. The van der Waals surface area contributed by atoms with Crippen LogP contribution < -0.4 is 10.6 Å². The van der Waals surface area contributed by atoms with Gasteiger partial charge >= 0.3 is 0 Å². The number of benzene rings is 1. The number of hydrogen-bond donors (Lipinski definition) is 2. The van der Waals surface area contributed by atoms with Gasteiger partial charge in [0.25, 0.3) is 0 Å². The first kappa shape index (κ1) is 29.8. The molecule has 5 aromatic rings. The molecule has 0 spiro atoms. The highest BCUT2D eigenvalue weighted by molar-refractivity contribution is 6.36. The van der Waals surface area contributed by atoms with E-state index in [-0.39, 0.29) is 17.6 Å². The predicted octanol–water partition coefficient (Wildman–Crippen LogP) is 7.18. The molecule has 1 saturated heterocycles. The maximum atomic E-state index is 9.91. The van der Waals surface area contributed by atoms with E-state index in [0.717, 1.165) is 37.2 Å². The average molecular weight is 628 g/mol. The summed E-state index contributed by atoms with van der Waals surface area (Å²) in [6.07, 6.45) is 12.3. The monoisotopic (exact) mass is 626 g/mol. The van der Waals surface area contributed by atoms with Gasteiger partial charge in [0.1, 0.15) is 11.8 Å². The van der Waals surface area contributed by atoms with E-state index in [1.54, 1.807) is 24.7 Å². The van der Waals surface area contributed by atoms with Gasteiger partial charge < -0.3 is 10.6 Å². The zero-order valence-electron chi connectivity index (χ0n) is 24.7. The Bertz CT molecular complexity index is 1820. The molecule has 0 amide bonds. The molecule has 44 heavy (non-hydrogen) atoms. The third-order valence-corrected chi connectivity index (χ3v) is 8.45. The number of anilines is 3. The second-order valence-corrected chi connectivity index (χ2v) is 12.7. The zero-order chi connectivity index (χ0) is 30.8. The fourth-order valence-corrected chi connectivity index (χ4v) is 6.07. The summed E-state index contributed by atoms with van der Waals surface area (Å²) in [6, 6.07) is 11.5. The van der Waals surface area contributed by atoms with Crippen molar-refractivity contribution in [2.24, 2.45) is 0 Å². The van der Waals surface area contributed by atoms with Crippen LogP contribution in [0.1, 0.15) is 62.5 Å². The van der Waals surface area contributed by atoms with Crippen LogP contribution in [0.25, 0.3) is 10.9 Å². The van der Waals surface area contributed by atoms with Gasteiger partial charge in [0.15, 0.2) is 0 Å². The van der Waals surface area contributed by atoms with Gasteiger partial charge in [-0.15, -0.1) is 5.10 Å². The first-order valence-electron chi connectivity index (χ1n) is 14.4. The van der Waals surface area contributed by atoms with Gasteiger partial charge in [0, 0.05) is 54.5 Å². The maximum absolute atomic E-state index is 9.91. The number of nitrogens with one attached hydrogen (secondary N) is 2. The molecule has 1 aliphatic heterocycles. The van der Waals surface area contributed by atoms with E-state index >= 15 is 0 Å². The van der Waals surface area contributed by atoms with Crippen molar-refractivity contribution >= 4 is 51.2 Å². The first-order valence-corrected chi connectivity index (χ1v) is 15.2. The molecule has 6 rings (SSSR count). The summed E-state index contributed by atoms with van der Waals surface area (Å²) in [5.41, 5.74) is 4.65. The normalized spacial score (nSPS) is 15.2. The number of likely N-dealkylation sites (tertiary alicyclic amines) is 1. The molecule has 0 saturated carbocycles. The summed E-state index contributed by atoms with van der Waals surface area (Å²) in [5.74, 6) is 0. The quantitative estimate of drug-likeness (QED) is 0.193. The lowest BCUT2D eigenvalue weighted by Gasteiger charge is -2.40. The highest BCUT2D eigenvalue weighted by Crippen LogP contribution is 2.37. The van der Waals surface area contributed by atoms with Gasteiger partial charge in [-0.05, 0) is 63.4 Å². The van der Waals surface area contributed by atoms with Crippen molar-refractivity contribution in [1.82, 2.24) is 34.8 Å². The molecule has 4 aromatic heterocycles. The Morgan fingerprint density at radius 2 is 1.84 bits per heavy atom. The van der Waals surface area contributed by atoms with Gasteiger partial charge in [-0.2, -0.15) is 5.26 Å². The molecule has 1 aliphatic rings. The summed E-state index contributed by atoms with van der Waals surface area (Å²) in [4.78, 5) is 15.5. The Kier molecular flexibility index (Phi) is 8.36. The van der Waals surface area contributed by atoms with Crippen molar-refractivity contribution in [2.75, 3.05) is 23.7 Å². The Balaban J connectivity index is 1.35. The molecule has 12 heteroatoms. The van der Waals surface area contributed by atoms with E-state index in [1.165, 1.54) is 6.20 Å². The molecule has 0 radical (unpaired) electrons. The van der Waals surface area contributed by atoms with Gasteiger partial charge in [-0.25, -0.2) is 4.68 Å². The predicted molar refractivity (Wildman–Crippen MR) is 173 cm³/mol. The minimum atomic E-state index is -0.360. The molecule has 0 bridgehead atoms. The largest absolute Gasteiger partial charge is 0.373 e. The molecule has 1 atom stereocenters. The minimum absolute atomic E-state index is 0.152. The van der Waals surface area contributed by atoms with Crippen LogP contribution in [-0.2, 0) is 0 Å². The lowest BCUT2D eigenvalue weighted by Crippen LogP contribution is -2.46. The topological polar surface area (TPSA) is 120 Å². The first-order chi connectivity index (χ1) is 21.2. The van der Waals surface area contributed by atoms with Crippen molar-refractivity contribution in [3.63, 3.8) is 0 Å².